The van der Waals surface area contributed by atoms with Crippen LogP contribution < -0.4 is 17.0 Å². The maximum Gasteiger partial charge on any atom is 0.332 e. The van der Waals surface area contributed by atoms with Gasteiger partial charge >= 0.3 is 5.69 Å². The molecule has 33 heavy (non-hydrogen) atoms. The molecule has 1 aromatic carbocycles. The van der Waals surface area contributed by atoms with Crippen molar-refractivity contribution >= 4 is 17.5 Å². The number of rotatable bonds is 6. The molecule has 1 saturated heterocycles. The average Bonchev–Trinajstić information content (AvgIpc) is 3.36. The predicted octanol–water partition coefficient (Wildman–Crippen LogP) is 0.411. The molecule has 0 bridgehead atoms. The smallest absolute Gasteiger partial charge is 0.332 e. The van der Waals surface area contributed by atoms with E-state index >= 15 is 0 Å². The minimum absolute atomic E-state index is 0.0359. The van der Waals surface area contributed by atoms with Gasteiger partial charge in [0, 0.05) is 33.2 Å². The number of piperazine rings is 1. The zero-order valence-corrected chi connectivity index (χ0v) is 18.3. The van der Waals surface area contributed by atoms with Crippen LogP contribution in [0.1, 0.15) is 26.5 Å². The third-order valence-corrected chi connectivity index (χ3v) is 5.80. The van der Waals surface area contributed by atoms with Gasteiger partial charge in [0.25, 0.3) is 11.5 Å². The van der Waals surface area contributed by atoms with Crippen molar-refractivity contribution in [1.29, 1.82) is 0 Å². The number of nitrogens with zero attached hydrogens (tertiary/aromatic N) is 4. The van der Waals surface area contributed by atoms with Gasteiger partial charge in [0.2, 0.25) is 0 Å². The van der Waals surface area contributed by atoms with Crippen LogP contribution in [0.5, 0.6) is 0 Å². The summed E-state index contributed by atoms with van der Waals surface area (Å²) < 4.78 is 7.31. The maximum absolute atomic E-state index is 13.1. The van der Waals surface area contributed by atoms with Crippen molar-refractivity contribution < 1.29 is 14.0 Å². The highest BCUT2D eigenvalue weighted by atomic mass is 16.3. The molecule has 1 amide bonds. The van der Waals surface area contributed by atoms with Gasteiger partial charge in [-0.15, -0.1) is 0 Å². The number of nitrogens with two attached hydrogens (primary N) is 1. The van der Waals surface area contributed by atoms with Gasteiger partial charge in [-0.3, -0.25) is 28.4 Å². The van der Waals surface area contributed by atoms with E-state index in [0.29, 0.717) is 26.2 Å². The largest absolute Gasteiger partial charge is 0.459 e. The van der Waals surface area contributed by atoms with Crippen molar-refractivity contribution in [3.63, 3.8) is 0 Å². The van der Waals surface area contributed by atoms with E-state index in [4.69, 9.17) is 10.2 Å². The molecular formula is C23H25N5O5. The fraction of sp³-hybridized carbons (Fsp3) is 0.304. The first kappa shape index (κ1) is 22.3. The fourth-order valence-corrected chi connectivity index (χ4v) is 3.91. The average molecular weight is 451 g/mol. The van der Waals surface area contributed by atoms with Crippen LogP contribution in [0.3, 0.4) is 0 Å². The standard InChI is InChI=1S/C23H25N5O5/c1-25-22(31)19(20(24)28(23(25)32)14-16-6-3-2-4-7-16)17(29)15-26-9-11-27(12-10-26)21(30)18-8-5-13-33-18/h2-8,13H,9-12,14-15,24H2,1H3. The molecule has 2 N–H and O–H groups in total. The van der Waals surface area contributed by atoms with E-state index in [2.05, 4.69) is 0 Å². The Morgan fingerprint density at radius 2 is 1.70 bits per heavy atom. The highest BCUT2D eigenvalue weighted by molar-refractivity contribution is 6.01. The van der Waals surface area contributed by atoms with Crippen LogP contribution in [0.2, 0.25) is 0 Å². The Hall–Kier alpha value is -3.92. The fourth-order valence-electron chi connectivity index (χ4n) is 3.91. The normalized spacial score (nSPS) is 14.4. The Balaban J connectivity index is 1.50. The van der Waals surface area contributed by atoms with Crippen molar-refractivity contribution in [2.75, 3.05) is 38.5 Å². The molecular weight excluding hydrogens is 426 g/mol. The monoisotopic (exact) mass is 451 g/mol. The van der Waals surface area contributed by atoms with Crippen molar-refractivity contribution in [3.05, 3.63) is 86.5 Å². The quantitative estimate of drug-likeness (QED) is 0.539. The summed E-state index contributed by atoms with van der Waals surface area (Å²) in [5.41, 5.74) is 5.51. The van der Waals surface area contributed by atoms with Gasteiger partial charge in [-0.1, -0.05) is 30.3 Å². The molecule has 2 aromatic heterocycles. The highest BCUT2D eigenvalue weighted by Gasteiger charge is 2.27. The summed E-state index contributed by atoms with van der Waals surface area (Å²) in [4.78, 5) is 54.4. The number of aromatic nitrogens is 2. The van der Waals surface area contributed by atoms with Gasteiger partial charge in [-0.2, -0.15) is 0 Å². The Kier molecular flexibility index (Phi) is 6.27. The molecule has 0 atom stereocenters. The molecule has 3 aromatic rings. The van der Waals surface area contributed by atoms with Gasteiger partial charge in [-0.25, -0.2) is 4.79 Å². The van der Waals surface area contributed by atoms with Crippen molar-refractivity contribution in [1.82, 2.24) is 18.9 Å². The number of ketones is 1. The lowest BCUT2D eigenvalue weighted by molar-refractivity contribution is 0.0596. The summed E-state index contributed by atoms with van der Waals surface area (Å²) in [5, 5.41) is 0. The van der Waals surface area contributed by atoms with E-state index in [-0.39, 0.29) is 36.1 Å². The minimum atomic E-state index is -0.710. The highest BCUT2D eigenvalue weighted by Crippen LogP contribution is 2.13. The van der Waals surface area contributed by atoms with Crippen molar-refractivity contribution in [2.45, 2.75) is 6.54 Å². The zero-order valence-electron chi connectivity index (χ0n) is 18.3. The number of carbonyl (C=O) groups excluding carboxylic acids is 2. The molecule has 172 valence electrons. The summed E-state index contributed by atoms with van der Waals surface area (Å²) in [7, 11) is 1.33. The maximum atomic E-state index is 13.1. The minimum Gasteiger partial charge on any atom is -0.459 e. The summed E-state index contributed by atoms with van der Waals surface area (Å²) in [6, 6.07) is 12.5. The van der Waals surface area contributed by atoms with Crippen LogP contribution in [-0.4, -0.2) is 63.3 Å². The number of benzene rings is 1. The second-order valence-corrected chi connectivity index (χ2v) is 7.95. The summed E-state index contributed by atoms with van der Waals surface area (Å²) in [6.45, 7) is 1.88. The van der Waals surface area contributed by atoms with Crippen LogP contribution in [0.4, 0.5) is 5.82 Å². The van der Waals surface area contributed by atoms with E-state index in [1.165, 1.54) is 17.9 Å². The van der Waals surface area contributed by atoms with Gasteiger partial charge in [-0.05, 0) is 17.7 Å². The molecule has 0 unspecified atom stereocenters. The Bertz CT molecular complexity index is 1270. The number of furan rings is 1. The third-order valence-electron chi connectivity index (χ3n) is 5.80. The van der Waals surface area contributed by atoms with Crippen LogP contribution in [0.15, 0.2) is 62.7 Å². The molecule has 10 nitrogen and oxygen atoms in total. The van der Waals surface area contributed by atoms with Gasteiger partial charge in [0.1, 0.15) is 11.4 Å². The molecule has 1 aliphatic heterocycles. The zero-order chi connectivity index (χ0) is 23.5. The number of Topliss-reactive ketones (excluding diaryl/α,β-unsaturated/α-hetero) is 1. The van der Waals surface area contributed by atoms with E-state index in [1.807, 2.05) is 35.2 Å². The first-order chi connectivity index (χ1) is 15.9. The Morgan fingerprint density at radius 3 is 2.33 bits per heavy atom. The van der Waals surface area contributed by atoms with Crippen LogP contribution >= 0.6 is 0 Å². The number of nitrogen functional groups attached to an aromatic ring is 1. The van der Waals surface area contributed by atoms with Crippen LogP contribution in [0.25, 0.3) is 0 Å². The predicted molar refractivity (Wildman–Crippen MR) is 121 cm³/mol. The molecule has 10 heteroatoms. The number of anilines is 1. The van der Waals surface area contributed by atoms with Crippen molar-refractivity contribution in [3.8, 4) is 0 Å². The van der Waals surface area contributed by atoms with Crippen LogP contribution in [0, 0.1) is 0 Å². The molecule has 1 aliphatic rings. The SMILES string of the molecule is Cn1c(=O)c(C(=O)CN2CCN(C(=O)c3ccco3)CC2)c(N)n(Cc2ccccc2)c1=O. The van der Waals surface area contributed by atoms with E-state index in [0.717, 1.165) is 10.1 Å². The number of amides is 1. The topological polar surface area (TPSA) is 124 Å². The number of hydrogen-bond donors (Lipinski definition) is 1. The first-order valence-corrected chi connectivity index (χ1v) is 10.6. The van der Waals surface area contributed by atoms with Crippen LogP contribution in [-0.2, 0) is 13.6 Å². The van der Waals surface area contributed by atoms with Crippen molar-refractivity contribution in [2.24, 2.45) is 7.05 Å². The number of carbonyl (C=O) groups is 2. The molecule has 3 heterocycles. The lowest BCUT2D eigenvalue weighted by Crippen LogP contribution is -2.50. The third kappa shape index (κ3) is 4.51. The molecule has 4 rings (SSSR count). The number of hydrogen-bond acceptors (Lipinski definition) is 7. The molecule has 1 fully saturated rings. The first-order valence-electron chi connectivity index (χ1n) is 10.6. The van der Waals surface area contributed by atoms with E-state index < -0.39 is 17.0 Å². The lowest BCUT2D eigenvalue weighted by Gasteiger charge is -2.33. The summed E-state index contributed by atoms with van der Waals surface area (Å²) in [5.74, 6) is -0.516. The molecule has 0 radical (unpaired) electrons. The Morgan fingerprint density at radius 1 is 1.00 bits per heavy atom. The summed E-state index contributed by atoms with van der Waals surface area (Å²) in [6.07, 6.45) is 1.45. The molecule has 0 saturated carbocycles. The molecule has 0 spiro atoms. The van der Waals surface area contributed by atoms with E-state index in [1.54, 1.807) is 17.0 Å². The summed E-state index contributed by atoms with van der Waals surface area (Å²) >= 11 is 0. The second-order valence-electron chi connectivity index (χ2n) is 7.95. The van der Waals surface area contributed by atoms with E-state index in [9.17, 15) is 19.2 Å². The van der Waals surface area contributed by atoms with Gasteiger partial charge in [0.15, 0.2) is 11.5 Å². The second kappa shape index (κ2) is 9.29. The lowest BCUT2D eigenvalue weighted by atomic mass is 10.1. The molecule has 0 aliphatic carbocycles. The van der Waals surface area contributed by atoms with Gasteiger partial charge in [0.05, 0.1) is 19.4 Å². The van der Waals surface area contributed by atoms with Gasteiger partial charge < -0.3 is 15.1 Å². The Labute approximate surface area is 189 Å².